The molecular formula is C22H24Cl2N5O5P. The number of imidazole rings is 1. The Balaban J connectivity index is 1.29. The SMILES string of the molecule is C=C1NC(N)=Nc2c1ncn2[C@H]1C[C@H](O)[C@@H](CO[P@]2(=O)OCC[C@H](c3cc(Cl)ccc3Cl)O2)C1=C. The second-order valence-electron chi connectivity index (χ2n) is 8.55. The standard InChI is InChI=1S/C22H24Cl2N5O5P/c1-11-15(18(30)8-17(11)29-10-26-20-12(2)27-22(25)28-21(20)29)9-33-35(31)32-6-5-19(34-35)14-7-13(23)3-4-16(14)24/h3-4,7,10,15,17-19,30H,1-2,5-6,8-9H2,(H3,25,27,28)/t15-,17-,18-,19+,35-/m0/s1. The highest BCUT2D eigenvalue weighted by Crippen LogP contribution is 2.58. The molecule has 5 atom stereocenters. The number of nitrogens with one attached hydrogen (secondary N) is 1. The van der Waals surface area contributed by atoms with Crippen molar-refractivity contribution in [2.75, 3.05) is 13.2 Å². The molecule has 5 rings (SSSR count). The summed E-state index contributed by atoms with van der Waals surface area (Å²) in [5, 5.41) is 14.6. The van der Waals surface area contributed by atoms with E-state index >= 15 is 0 Å². The van der Waals surface area contributed by atoms with Crippen LogP contribution in [0.1, 0.15) is 36.2 Å². The molecule has 10 nitrogen and oxygen atoms in total. The number of hydrogen-bond acceptors (Lipinski definition) is 9. The van der Waals surface area contributed by atoms with Crippen LogP contribution in [-0.4, -0.2) is 39.9 Å². The van der Waals surface area contributed by atoms with Crippen molar-refractivity contribution in [3.05, 3.63) is 64.6 Å². The molecule has 13 heteroatoms. The Morgan fingerprint density at radius 2 is 2.17 bits per heavy atom. The minimum absolute atomic E-state index is 0.111. The average molecular weight is 540 g/mol. The zero-order valence-electron chi connectivity index (χ0n) is 18.6. The van der Waals surface area contributed by atoms with Gasteiger partial charge >= 0.3 is 7.82 Å². The topological polar surface area (TPSA) is 133 Å². The molecule has 1 saturated carbocycles. The lowest BCUT2D eigenvalue weighted by molar-refractivity contribution is 0.0166. The van der Waals surface area contributed by atoms with Crippen LogP contribution in [0.4, 0.5) is 5.82 Å². The highest BCUT2D eigenvalue weighted by Gasteiger charge is 2.43. The molecule has 1 aromatic heterocycles. The van der Waals surface area contributed by atoms with Crippen LogP contribution in [0, 0.1) is 5.92 Å². The van der Waals surface area contributed by atoms with Gasteiger partial charge in [0, 0.05) is 27.9 Å². The maximum atomic E-state index is 13.2. The maximum Gasteiger partial charge on any atom is 0.475 e. The predicted octanol–water partition coefficient (Wildman–Crippen LogP) is 4.49. The quantitative estimate of drug-likeness (QED) is 0.373. The molecule has 0 amide bonds. The number of fused-ring (bicyclic) bond motifs is 1. The number of guanidine groups is 1. The maximum absolute atomic E-state index is 13.2. The van der Waals surface area contributed by atoms with Gasteiger partial charge in [0.2, 0.25) is 0 Å². The van der Waals surface area contributed by atoms with Crippen molar-refractivity contribution in [2.24, 2.45) is 16.6 Å². The monoisotopic (exact) mass is 539 g/mol. The van der Waals surface area contributed by atoms with E-state index in [9.17, 15) is 9.67 Å². The molecular weight excluding hydrogens is 516 g/mol. The summed E-state index contributed by atoms with van der Waals surface area (Å²) in [4.78, 5) is 8.69. The van der Waals surface area contributed by atoms with Crippen molar-refractivity contribution < 1.29 is 23.2 Å². The van der Waals surface area contributed by atoms with Gasteiger partial charge in [-0.2, -0.15) is 4.99 Å². The number of rotatable bonds is 5. The van der Waals surface area contributed by atoms with Gasteiger partial charge in [0.1, 0.15) is 5.69 Å². The molecule has 1 aliphatic carbocycles. The van der Waals surface area contributed by atoms with E-state index in [1.54, 1.807) is 29.1 Å². The summed E-state index contributed by atoms with van der Waals surface area (Å²) in [6.45, 7) is 8.12. The smallest absolute Gasteiger partial charge is 0.392 e. The fourth-order valence-electron chi connectivity index (χ4n) is 4.53. The molecule has 2 fully saturated rings. The lowest BCUT2D eigenvalue weighted by Crippen LogP contribution is -2.32. The summed E-state index contributed by atoms with van der Waals surface area (Å²) >= 11 is 12.4. The molecule has 4 N–H and O–H groups in total. The lowest BCUT2D eigenvalue weighted by atomic mass is 10.0. The van der Waals surface area contributed by atoms with Crippen molar-refractivity contribution >= 4 is 48.5 Å². The second kappa shape index (κ2) is 9.37. The number of nitrogens with zero attached hydrogens (tertiary/aromatic N) is 3. The van der Waals surface area contributed by atoms with E-state index in [0.29, 0.717) is 51.2 Å². The highest BCUT2D eigenvalue weighted by molar-refractivity contribution is 7.48. The van der Waals surface area contributed by atoms with Crippen molar-refractivity contribution in [1.29, 1.82) is 0 Å². The van der Waals surface area contributed by atoms with Crippen molar-refractivity contribution in [1.82, 2.24) is 14.9 Å². The van der Waals surface area contributed by atoms with Crippen LogP contribution in [0.3, 0.4) is 0 Å². The van der Waals surface area contributed by atoms with Crippen LogP contribution in [-0.2, 0) is 18.1 Å². The Morgan fingerprint density at radius 1 is 1.37 bits per heavy atom. The van der Waals surface area contributed by atoms with Crippen molar-refractivity contribution in [3.8, 4) is 0 Å². The Labute approximate surface area is 212 Å². The number of aromatic nitrogens is 2. The highest BCUT2D eigenvalue weighted by atomic mass is 35.5. The van der Waals surface area contributed by atoms with Gasteiger partial charge in [0.05, 0.1) is 43.5 Å². The zero-order chi connectivity index (χ0) is 24.9. The van der Waals surface area contributed by atoms with E-state index in [-0.39, 0.29) is 25.2 Å². The van der Waals surface area contributed by atoms with Gasteiger partial charge in [0.25, 0.3) is 0 Å². The van der Waals surface area contributed by atoms with Gasteiger partial charge in [-0.15, -0.1) is 0 Å². The number of phosphoric ester groups is 1. The predicted molar refractivity (Wildman–Crippen MR) is 132 cm³/mol. The summed E-state index contributed by atoms with van der Waals surface area (Å²) in [5.74, 6) is 0.212. The largest absolute Gasteiger partial charge is 0.475 e. The molecule has 2 aromatic rings. The van der Waals surface area contributed by atoms with Crippen LogP contribution in [0.5, 0.6) is 0 Å². The number of aliphatic hydroxyl groups excluding tert-OH is 1. The van der Waals surface area contributed by atoms with E-state index in [2.05, 4.69) is 28.5 Å². The summed E-state index contributed by atoms with van der Waals surface area (Å²) in [6.07, 6.45) is 0.987. The van der Waals surface area contributed by atoms with E-state index < -0.39 is 25.9 Å². The summed E-state index contributed by atoms with van der Waals surface area (Å²) in [5.41, 5.74) is 8.23. The van der Waals surface area contributed by atoms with Gasteiger partial charge in [-0.3, -0.25) is 13.6 Å². The Bertz CT molecular complexity index is 1280. The molecule has 35 heavy (non-hydrogen) atoms. The molecule has 186 valence electrons. The Hall–Kier alpha value is -2.17. The van der Waals surface area contributed by atoms with Crippen molar-refractivity contribution in [3.63, 3.8) is 0 Å². The first kappa shape index (κ1) is 24.5. The number of halogens is 2. The number of aliphatic imine (C=N–C) groups is 1. The van der Waals surface area contributed by atoms with E-state index in [1.165, 1.54) is 0 Å². The van der Waals surface area contributed by atoms with Gasteiger partial charge in [0.15, 0.2) is 11.8 Å². The van der Waals surface area contributed by atoms with E-state index in [1.807, 2.05) is 0 Å². The summed E-state index contributed by atoms with van der Waals surface area (Å²) < 4.78 is 31.8. The molecule has 0 bridgehead atoms. The Morgan fingerprint density at radius 3 is 2.97 bits per heavy atom. The van der Waals surface area contributed by atoms with Gasteiger partial charge < -0.3 is 20.7 Å². The van der Waals surface area contributed by atoms with Crippen LogP contribution in [0.15, 0.2) is 48.2 Å². The van der Waals surface area contributed by atoms with Crippen LogP contribution < -0.4 is 11.1 Å². The molecule has 3 aliphatic rings. The van der Waals surface area contributed by atoms with Gasteiger partial charge in [-0.05, 0) is 30.2 Å². The number of benzene rings is 1. The van der Waals surface area contributed by atoms with Crippen molar-refractivity contribution in [2.45, 2.75) is 31.1 Å². The normalized spacial score (nSPS) is 30.7. The third-order valence-electron chi connectivity index (χ3n) is 6.33. The number of aliphatic hydroxyl groups is 1. The van der Waals surface area contributed by atoms with Gasteiger partial charge in [-0.25, -0.2) is 9.55 Å². The fraction of sp³-hybridized carbons (Fsp3) is 0.364. The first-order valence-corrected chi connectivity index (χ1v) is 13.1. The molecule has 1 aromatic carbocycles. The van der Waals surface area contributed by atoms with E-state index in [4.69, 9.17) is 42.5 Å². The molecule has 0 radical (unpaired) electrons. The summed E-state index contributed by atoms with van der Waals surface area (Å²) in [6, 6.07) is 4.67. The lowest BCUT2D eigenvalue weighted by Gasteiger charge is -2.30. The molecule has 3 heterocycles. The zero-order valence-corrected chi connectivity index (χ0v) is 21.0. The second-order valence-corrected chi connectivity index (χ2v) is 11.0. The first-order valence-electron chi connectivity index (χ1n) is 10.9. The van der Waals surface area contributed by atoms with E-state index in [0.717, 1.165) is 0 Å². The number of nitrogens with two attached hydrogens (primary N) is 1. The fourth-order valence-corrected chi connectivity index (χ4v) is 6.35. The average Bonchev–Trinajstić information content (AvgIpc) is 3.34. The third-order valence-corrected chi connectivity index (χ3v) is 8.39. The summed E-state index contributed by atoms with van der Waals surface area (Å²) in [7, 11) is -3.92. The van der Waals surface area contributed by atoms with Gasteiger partial charge in [-0.1, -0.05) is 36.4 Å². The molecule has 2 aliphatic heterocycles. The first-order chi connectivity index (χ1) is 16.6. The molecule has 0 unspecified atom stereocenters. The minimum atomic E-state index is -3.92. The number of phosphoric acid groups is 1. The molecule has 1 saturated heterocycles. The van der Waals surface area contributed by atoms with Crippen LogP contribution in [0.25, 0.3) is 5.70 Å². The third kappa shape index (κ3) is 4.68. The number of hydrogen-bond donors (Lipinski definition) is 3. The Kier molecular flexibility index (Phi) is 6.56. The van der Waals surface area contributed by atoms with Crippen LogP contribution >= 0.6 is 31.0 Å². The molecule has 0 spiro atoms. The minimum Gasteiger partial charge on any atom is -0.392 e. The van der Waals surface area contributed by atoms with Crippen LogP contribution in [0.2, 0.25) is 10.0 Å².